The van der Waals surface area contributed by atoms with E-state index in [0.717, 1.165) is 23.2 Å². The van der Waals surface area contributed by atoms with E-state index >= 15 is 0 Å². The number of carbonyl (C=O) groups is 2. The molecule has 0 fully saturated rings. The molecule has 0 aliphatic heterocycles. The van der Waals surface area contributed by atoms with Crippen LogP contribution in [0.1, 0.15) is 31.8 Å². The van der Waals surface area contributed by atoms with Crippen molar-refractivity contribution in [2.45, 2.75) is 13.1 Å². The van der Waals surface area contributed by atoms with Gasteiger partial charge < -0.3 is 10.1 Å². The van der Waals surface area contributed by atoms with Gasteiger partial charge in [-0.15, -0.1) is 0 Å². The smallest absolute Gasteiger partial charge is 0.337 e. The minimum atomic E-state index is -0.429. The number of hydrogen-bond donors (Lipinski definition) is 1. The normalized spacial score (nSPS) is 10.5. The van der Waals surface area contributed by atoms with Gasteiger partial charge in [0.2, 0.25) is 0 Å². The van der Waals surface area contributed by atoms with Crippen LogP contribution in [0.15, 0.2) is 91.3 Å². The van der Waals surface area contributed by atoms with E-state index in [1.54, 1.807) is 30.5 Å². The van der Waals surface area contributed by atoms with E-state index in [-0.39, 0.29) is 5.91 Å². The van der Waals surface area contributed by atoms with Crippen molar-refractivity contribution in [2.75, 3.05) is 7.11 Å². The standard InChI is InChI=1S/C26H23N3O3/c1-32-26(31)22-13-11-21(12-14-22)25(30)27-17-23-5-2-3-6-24(23)20-9-7-19(8-10-20)18-29-16-4-15-28-29/h2-16H,17-18H2,1H3,(H,27,30). The molecule has 0 aliphatic rings. The van der Waals surface area contributed by atoms with Gasteiger partial charge >= 0.3 is 5.97 Å². The fourth-order valence-electron chi connectivity index (χ4n) is 3.48. The molecule has 4 rings (SSSR count). The molecule has 32 heavy (non-hydrogen) atoms. The van der Waals surface area contributed by atoms with E-state index in [1.807, 2.05) is 35.1 Å². The third-order valence-corrected chi connectivity index (χ3v) is 5.19. The van der Waals surface area contributed by atoms with Crippen molar-refractivity contribution in [3.8, 4) is 11.1 Å². The molecular formula is C26H23N3O3. The minimum Gasteiger partial charge on any atom is -0.465 e. The van der Waals surface area contributed by atoms with E-state index in [0.29, 0.717) is 17.7 Å². The molecule has 0 radical (unpaired) electrons. The lowest BCUT2D eigenvalue weighted by Gasteiger charge is -2.12. The molecule has 1 heterocycles. The van der Waals surface area contributed by atoms with Crippen LogP contribution in [0.4, 0.5) is 0 Å². The van der Waals surface area contributed by atoms with Crippen LogP contribution in [0, 0.1) is 0 Å². The Balaban J connectivity index is 1.44. The molecular weight excluding hydrogens is 402 g/mol. The van der Waals surface area contributed by atoms with Crippen LogP contribution in [0.3, 0.4) is 0 Å². The van der Waals surface area contributed by atoms with Crippen LogP contribution in [-0.4, -0.2) is 28.8 Å². The fraction of sp³-hybridized carbons (Fsp3) is 0.115. The average molecular weight is 425 g/mol. The molecule has 1 N–H and O–H groups in total. The number of nitrogens with one attached hydrogen (secondary N) is 1. The van der Waals surface area contributed by atoms with E-state index in [1.165, 1.54) is 12.7 Å². The van der Waals surface area contributed by atoms with Gasteiger partial charge in [-0.3, -0.25) is 9.48 Å². The van der Waals surface area contributed by atoms with Gasteiger partial charge in [-0.05, 0) is 52.6 Å². The first-order valence-electron chi connectivity index (χ1n) is 10.3. The van der Waals surface area contributed by atoms with Crippen molar-refractivity contribution in [1.82, 2.24) is 15.1 Å². The number of ether oxygens (including phenoxy) is 1. The minimum absolute atomic E-state index is 0.203. The summed E-state index contributed by atoms with van der Waals surface area (Å²) in [5, 5.41) is 7.21. The van der Waals surface area contributed by atoms with Crippen molar-refractivity contribution >= 4 is 11.9 Å². The molecule has 3 aromatic carbocycles. The van der Waals surface area contributed by atoms with Crippen LogP contribution in [0.25, 0.3) is 11.1 Å². The van der Waals surface area contributed by atoms with Crippen LogP contribution >= 0.6 is 0 Å². The Morgan fingerprint density at radius 3 is 2.31 bits per heavy atom. The summed E-state index contributed by atoms with van der Waals surface area (Å²) in [6, 6.07) is 24.7. The monoisotopic (exact) mass is 425 g/mol. The van der Waals surface area contributed by atoms with Gasteiger partial charge in [-0.1, -0.05) is 48.5 Å². The molecule has 0 spiro atoms. The Kier molecular flexibility index (Phi) is 6.41. The van der Waals surface area contributed by atoms with Crippen molar-refractivity contribution in [2.24, 2.45) is 0 Å². The maximum absolute atomic E-state index is 12.6. The third-order valence-electron chi connectivity index (χ3n) is 5.19. The first kappa shape index (κ1) is 21.1. The summed E-state index contributed by atoms with van der Waals surface area (Å²) in [5.41, 5.74) is 5.23. The van der Waals surface area contributed by atoms with Crippen molar-refractivity contribution in [3.63, 3.8) is 0 Å². The number of rotatable bonds is 7. The highest BCUT2D eigenvalue weighted by Gasteiger charge is 2.11. The topological polar surface area (TPSA) is 73.2 Å². The first-order chi connectivity index (χ1) is 15.6. The highest BCUT2D eigenvalue weighted by molar-refractivity contribution is 5.96. The van der Waals surface area contributed by atoms with Gasteiger partial charge in [0.15, 0.2) is 0 Å². The summed E-state index contributed by atoms with van der Waals surface area (Å²) in [6.07, 6.45) is 3.71. The van der Waals surface area contributed by atoms with Crippen LogP contribution in [0.5, 0.6) is 0 Å². The number of benzene rings is 3. The lowest BCUT2D eigenvalue weighted by atomic mass is 9.98. The summed E-state index contributed by atoms with van der Waals surface area (Å²) >= 11 is 0. The largest absolute Gasteiger partial charge is 0.465 e. The van der Waals surface area contributed by atoms with Gasteiger partial charge in [0, 0.05) is 24.5 Å². The van der Waals surface area contributed by atoms with Gasteiger partial charge in [-0.2, -0.15) is 5.10 Å². The number of amides is 1. The van der Waals surface area contributed by atoms with Crippen LogP contribution < -0.4 is 5.32 Å². The van der Waals surface area contributed by atoms with Crippen molar-refractivity contribution in [1.29, 1.82) is 0 Å². The molecule has 6 nitrogen and oxygen atoms in total. The quantitative estimate of drug-likeness (QED) is 0.448. The number of methoxy groups -OCH3 is 1. The van der Waals surface area contributed by atoms with Crippen molar-refractivity contribution in [3.05, 3.63) is 114 Å². The molecule has 0 saturated carbocycles. The predicted octanol–water partition coefficient (Wildman–Crippen LogP) is 4.32. The highest BCUT2D eigenvalue weighted by atomic mass is 16.5. The zero-order chi connectivity index (χ0) is 22.3. The molecule has 6 heteroatoms. The first-order valence-corrected chi connectivity index (χ1v) is 10.3. The second kappa shape index (κ2) is 9.75. The Hall–Kier alpha value is -4.19. The lowest BCUT2D eigenvalue weighted by Crippen LogP contribution is -2.23. The molecule has 0 aliphatic carbocycles. The Labute approximate surface area is 186 Å². The van der Waals surface area contributed by atoms with Gasteiger partial charge in [0.05, 0.1) is 19.2 Å². The summed E-state index contributed by atoms with van der Waals surface area (Å²) < 4.78 is 6.57. The molecule has 1 aromatic heterocycles. The van der Waals surface area contributed by atoms with E-state index in [2.05, 4.69) is 45.5 Å². The average Bonchev–Trinajstić information content (AvgIpc) is 3.36. The van der Waals surface area contributed by atoms with E-state index in [9.17, 15) is 9.59 Å². The number of aromatic nitrogens is 2. The van der Waals surface area contributed by atoms with E-state index < -0.39 is 5.97 Å². The molecule has 1 amide bonds. The van der Waals surface area contributed by atoms with Crippen LogP contribution in [0.2, 0.25) is 0 Å². The number of nitrogens with zero attached hydrogens (tertiary/aromatic N) is 2. The summed E-state index contributed by atoms with van der Waals surface area (Å²) in [4.78, 5) is 24.1. The SMILES string of the molecule is COC(=O)c1ccc(C(=O)NCc2ccccc2-c2ccc(Cn3cccn3)cc2)cc1. The maximum Gasteiger partial charge on any atom is 0.337 e. The Bertz CT molecular complexity index is 1200. The second-order valence-electron chi connectivity index (χ2n) is 7.31. The summed E-state index contributed by atoms with van der Waals surface area (Å²) in [7, 11) is 1.33. The molecule has 0 bridgehead atoms. The molecule has 160 valence electrons. The molecule has 0 atom stereocenters. The maximum atomic E-state index is 12.6. The number of hydrogen-bond acceptors (Lipinski definition) is 4. The van der Waals surface area contributed by atoms with Crippen molar-refractivity contribution < 1.29 is 14.3 Å². The fourth-order valence-corrected chi connectivity index (χ4v) is 3.48. The lowest BCUT2D eigenvalue weighted by molar-refractivity contribution is 0.0600. The molecule has 0 unspecified atom stereocenters. The second-order valence-corrected chi connectivity index (χ2v) is 7.31. The number of esters is 1. The van der Waals surface area contributed by atoms with Gasteiger partial charge in [-0.25, -0.2) is 4.79 Å². The Morgan fingerprint density at radius 2 is 1.62 bits per heavy atom. The predicted molar refractivity (Wildman–Crippen MR) is 122 cm³/mol. The summed E-state index contributed by atoms with van der Waals surface area (Å²) in [6.45, 7) is 1.11. The Morgan fingerprint density at radius 1 is 0.906 bits per heavy atom. The van der Waals surface area contributed by atoms with Gasteiger partial charge in [0.1, 0.15) is 0 Å². The number of carbonyl (C=O) groups excluding carboxylic acids is 2. The van der Waals surface area contributed by atoms with Crippen LogP contribution in [-0.2, 0) is 17.8 Å². The summed E-state index contributed by atoms with van der Waals surface area (Å²) in [5.74, 6) is -0.632. The van der Waals surface area contributed by atoms with Gasteiger partial charge in [0.25, 0.3) is 5.91 Å². The zero-order valence-corrected chi connectivity index (χ0v) is 17.7. The molecule has 0 saturated heterocycles. The van der Waals surface area contributed by atoms with E-state index in [4.69, 9.17) is 0 Å². The third kappa shape index (κ3) is 4.92. The highest BCUT2D eigenvalue weighted by Crippen LogP contribution is 2.24. The zero-order valence-electron chi connectivity index (χ0n) is 17.7. The molecule has 4 aromatic rings.